The molecule has 1 fully saturated rings. The summed E-state index contributed by atoms with van der Waals surface area (Å²) in [6.07, 6.45) is 1.70. The fourth-order valence-corrected chi connectivity index (χ4v) is 2.85. The van der Waals surface area contributed by atoms with E-state index in [-0.39, 0.29) is 10.6 Å². The third kappa shape index (κ3) is 4.25. The Balaban J connectivity index is 2.17. The molecule has 6 nitrogen and oxygen atoms in total. The summed E-state index contributed by atoms with van der Waals surface area (Å²) in [5, 5.41) is 14.8. The number of hydrogen-bond acceptors (Lipinski definition) is 6. The van der Waals surface area contributed by atoms with Crippen LogP contribution in [-0.4, -0.2) is 39.4 Å². The average molecular weight is 329 g/mol. The van der Waals surface area contributed by atoms with Crippen molar-refractivity contribution in [2.24, 2.45) is 0 Å². The van der Waals surface area contributed by atoms with Crippen molar-refractivity contribution in [2.45, 2.75) is 13.5 Å². The lowest BCUT2D eigenvalue weighted by atomic mass is 10.2. The summed E-state index contributed by atoms with van der Waals surface area (Å²) in [7, 11) is 0. The van der Waals surface area contributed by atoms with Gasteiger partial charge < -0.3 is 10.2 Å². The van der Waals surface area contributed by atoms with Crippen LogP contribution < -0.4 is 5.32 Å². The molecule has 1 aliphatic heterocycles. The Morgan fingerprint density at radius 1 is 1.62 bits per heavy atom. The zero-order valence-corrected chi connectivity index (χ0v) is 13.3. The van der Waals surface area contributed by atoms with E-state index in [2.05, 4.69) is 10.3 Å². The van der Waals surface area contributed by atoms with Gasteiger partial charge in [-0.2, -0.15) is 11.8 Å². The van der Waals surface area contributed by atoms with Gasteiger partial charge in [0.25, 0.3) is 5.70 Å². The zero-order chi connectivity index (χ0) is 15.2. The third-order valence-corrected chi connectivity index (χ3v) is 4.20. The van der Waals surface area contributed by atoms with E-state index in [4.69, 9.17) is 11.6 Å². The fourth-order valence-electron chi connectivity index (χ4n) is 2.10. The quantitative estimate of drug-likeness (QED) is 0.491. The monoisotopic (exact) mass is 328 g/mol. The van der Waals surface area contributed by atoms with Gasteiger partial charge in [0.1, 0.15) is 5.15 Å². The number of aromatic nitrogens is 1. The molecule has 0 aromatic carbocycles. The van der Waals surface area contributed by atoms with Crippen molar-refractivity contribution < 1.29 is 4.92 Å². The minimum atomic E-state index is -0.288. The van der Waals surface area contributed by atoms with E-state index in [1.165, 1.54) is 0 Å². The zero-order valence-electron chi connectivity index (χ0n) is 11.7. The van der Waals surface area contributed by atoms with Crippen molar-refractivity contribution >= 4 is 23.4 Å². The number of nitrogens with one attached hydrogen (secondary N) is 1. The Morgan fingerprint density at radius 3 is 3.05 bits per heavy atom. The molecule has 8 heteroatoms. The molecule has 0 aliphatic carbocycles. The van der Waals surface area contributed by atoms with Gasteiger partial charge in [-0.25, -0.2) is 4.98 Å². The summed E-state index contributed by atoms with van der Waals surface area (Å²) in [6.45, 7) is 4.03. The Kier molecular flexibility index (Phi) is 5.69. The molecule has 1 aromatic heterocycles. The van der Waals surface area contributed by atoms with Crippen molar-refractivity contribution in [1.82, 2.24) is 15.2 Å². The largest absolute Gasteiger partial charge is 0.365 e. The second kappa shape index (κ2) is 7.51. The van der Waals surface area contributed by atoms with Gasteiger partial charge in [-0.05, 0) is 17.4 Å². The number of thioether (sulfide) groups is 1. The van der Waals surface area contributed by atoms with Crippen LogP contribution in [0.15, 0.2) is 29.8 Å². The molecule has 0 unspecified atom stereocenters. The van der Waals surface area contributed by atoms with Crippen LogP contribution in [-0.2, 0) is 6.54 Å². The minimum Gasteiger partial charge on any atom is -0.365 e. The molecule has 1 N–H and O–H groups in total. The molecule has 0 amide bonds. The van der Waals surface area contributed by atoms with E-state index in [1.807, 2.05) is 17.9 Å². The predicted octanol–water partition coefficient (Wildman–Crippen LogP) is 2.34. The molecule has 0 atom stereocenters. The first-order valence-corrected chi connectivity index (χ1v) is 8.19. The number of nitro groups is 1. The predicted molar refractivity (Wildman–Crippen MR) is 84.7 cm³/mol. The molecule has 0 saturated carbocycles. The number of pyridine rings is 1. The van der Waals surface area contributed by atoms with Crippen LogP contribution in [0.1, 0.15) is 12.5 Å². The normalized spacial score (nSPS) is 16.8. The van der Waals surface area contributed by atoms with Crippen LogP contribution in [0, 0.1) is 10.1 Å². The first kappa shape index (κ1) is 15.9. The van der Waals surface area contributed by atoms with Gasteiger partial charge in [-0.3, -0.25) is 10.1 Å². The highest BCUT2D eigenvalue weighted by Gasteiger charge is 2.27. The molecule has 0 bridgehead atoms. The maximum Gasteiger partial charge on any atom is 0.295 e. The molecule has 114 valence electrons. The van der Waals surface area contributed by atoms with Gasteiger partial charge in [0.05, 0.1) is 10.7 Å². The first-order chi connectivity index (χ1) is 10.1. The number of nitrogens with zero attached hydrogens (tertiary/aromatic N) is 3. The second-order valence-electron chi connectivity index (χ2n) is 4.53. The maximum absolute atomic E-state index is 11.3. The van der Waals surface area contributed by atoms with Gasteiger partial charge in [-0.1, -0.05) is 24.6 Å². The van der Waals surface area contributed by atoms with E-state index in [0.717, 1.165) is 17.9 Å². The Morgan fingerprint density at radius 2 is 2.43 bits per heavy atom. The first-order valence-electron chi connectivity index (χ1n) is 6.66. The van der Waals surface area contributed by atoms with Crippen LogP contribution in [0.3, 0.4) is 0 Å². The molecule has 2 rings (SSSR count). The lowest BCUT2D eigenvalue weighted by molar-refractivity contribution is -0.425. The van der Waals surface area contributed by atoms with Crippen LogP contribution in [0.25, 0.3) is 0 Å². The van der Waals surface area contributed by atoms with Gasteiger partial charge in [0.2, 0.25) is 0 Å². The molecule has 2 heterocycles. The van der Waals surface area contributed by atoms with Crippen molar-refractivity contribution in [3.05, 3.63) is 50.7 Å². The van der Waals surface area contributed by atoms with Crippen LogP contribution in [0.4, 0.5) is 0 Å². The van der Waals surface area contributed by atoms with Crippen LogP contribution in [0.5, 0.6) is 0 Å². The minimum absolute atomic E-state index is 0.237. The molecular formula is C13H17ClN4O2S. The number of halogens is 1. The molecule has 0 spiro atoms. The van der Waals surface area contributed by atoms with E-state index in [9.17, 15) is 10.1 Å². The topological polar surface area (TPSA) is 71.3 Å². The lowest BCUT2D eigenvalue weighted by Gasteiger charge is -2.18. The van der Waals surface area contributed by atoms with E-state index in [0.29, 0.717) is 29.8 Å². The van der Waals surface area contributed by atoms with E-state index >= 15 is 0 Å². The van der Waals surface area contributed by atoms with E-state index in [1.54, 1.807) is 24.0 Å². The third-order valence-electron chi connectivity index (χ3n) is 3.09. The van der Waals surface area contributed by atoms with Crippen molar-refractivity contribution in [2.75, 3.05) is 24.6 Å². The van der Waals surface area contributed by atoms with Crippen LogP contribution in [0.2, 0.25) is 5.15 Å². The molecule has 1 saturated heterocycles. The Hall–Kier alpha value is -1.47. The Labute approximate surface area is 132 Å². The molecule has 1 aromatic rings. The van der Waals surface area contributed by atoms with Gasteiger partial charge in [0.15, 0.2) is 5.82 Å². The van der Waals surface area contributed by atoms with Crippen molar-refractivity contribution in [3.63, 3.8) is 0 Å². The summed E-state index contributed by atoms with van der Waals surface area (Å²) in [4.78, 5) is 17.0. The highest BCUT2D eigenvalue weighted by atomic mass is 35.5. The molecular weight excluding hydrogens is 312 g/mol. The Bertz CT molecular complexity index is 535. The standard InChI is InChI=1S/C13H17ClN4O2S/c1-2-21-9-11(18(19)20)13-15-5-6-17(13)8-10-3-4-12(14)16-7-10/h3-4,7,15H,2,5-6,8-9H2,1H3/b13-11-. The summed E-state index contributed by atoms with van der Waals surface area (Å²) >= 11 is 7.31. The summed E-state index contributed by atoms with van der Waals surface area (Å²) in [6, 6.07) is 3.61. The molecule has 1 aliphatic rings. The van der Waals surface area contributed by atoms with E-state index < -0.39 is 0 Å². The second-order valence-corrected chi connectivity index (χ2v) is 6.19. The average Bonchev–Trinajstić information content (AvgIpc) is 2.90. The SMILES string of the molecule is CCSC/C(=C1\NCCN1Cc1ccc(Cl)nc1)[N+](=O)[O-]. The van der Waals surface area contributed by atoms with Crippen LogP contribution >= 0.6 is 23.4 Å². The van der Waals surface area contributed by atoms with Crippen molar-refractivity contribution in [1.29, 1.82) is 0 Å². The number of hydrogen-bond donors (Lipinski definition) is 1. The summed E-state index contributed by atoms with van der Waals surface area (Å²) in [5.41, 5.74) is 1.22. The fraction of sp³-hybridized carbons (Fsp3) is 0.462. The number of rotatable bonds is 6. The highest BCUT2D eigenvalue weighted by Crippen LogP contribution is 2.20. The highest BCUT2D eigenvalue weighted by molar-refractivity contribution is 7.99. The van der Waals surface area contributed by atoms with Gasteiger partial charge in [0, 0.05) is 25.8 Å². The lowest BCUT2D eigenvalue weighted by Crippen LogP contribution is -2.24. The smallest absolute Gasteiger partial charge is 0.295 e. The molecule has 21 heavy (non-hydrogen) atoms. The van der Waals surface area contributed by atoms with Gasteiger partial charge in [-0.15, -0.1) is 0 Å². The summed E-state index contributed by atoms with van der Waals surface area (Å²) < 4.78 is 0. The van der Waals surface area contributed by atoms with Gasteiger partial charge >= 0.3 is 0 Å². The maximum atomic E-state index is 11.3. The summed E-state index contributed by atoms with van der Waals surface area (Å²) in [5.74, 6) is 1.88. The van der Waals surface area contributed by atoms with Crippen molar-refractivity contribution in [3.8, 4) is 0 Å². The molecule has 0 radical (unpaired) electrons.